The van der Waals surface area contributed by atoms with E-state index in [1.165, 1.54) is 6.20 Å². The molecular formula is C25H33N3O6. The molecule has 34 heavy (non-hydrogen) atoms. The normalized spacial score (nSPS) is 20.8. The minimum atomic E-state index is -1.23. The number of carbonyl (C=O) groups is 2. The van der Waals surface area contributed by atoms with Crippen molar-refractivity contribution in [3.05, 3.63) is 34.1 Å². The van der Waals surface area contributed by atoms with Crippen molar-refractivity contribution < 1.29 is 24.2 Å². The van der Waals surface area contributed by atoms with Crippen LogP contribution < -0.4 is 20.4 Å². The van der Waals surface area contributed by atoms with Crippen molar-refractivity contribution in [3.8, 4) is 5.75 Å². The molecule has 0 radical (unpaired) electrons. The SMILES string of the molecule is COc1c(N2C[C@H](C)C[C@H](NC(=O)OC(C)(C)C)C2)ccc2c(=O)c(C(=O)O)cn(C3CC3)c12. The van der Waals surface area contributed by atoms with Gasteiger partial charge in [-0.25, -0.2) is 9.59 Å². The van der Waals surface area contributed by atoms with Gasteiger partial charge in [-0.1, -0.05) is 6.92 Å². The molecule has 2 N–H and O–H groups in total. The van der Waals surface area contributed by atoms with Gasteiger partial charge in [-0.2, -0.15) is 0 Å². The summed E-state index contributed by atoms with van der Waals surface area (Å²) in [5.74, 6) is -0.386. The first kappa shape index (κ1) is 23.9. The Bertz CT molecular complexity index is 1180. The van der Waals surface area contributed by atoms with E-state index in [0.29, 0.717) is 29.1 Å². The second kappa shape index (κ2) is 8.85. The molecule has 1 aromatic carbocycles. The molecule has 1 aliphatic carbocycles. The number of hydrogen-bond donors (Lipinski definition) is 2. The molecule has 4 rings (SSSR count). The Balaban J connectivity index is 1.73. The zero-order chi connectivity index (χ0) is 24.8. The summed E-state index contributed by atoms with van der Waals surface area (Å²) in [5, 5.41) is 12.9. The fourth-order valence-corrected chi connectivity index (χ4v) is 4.78. The largest absolute Gasteiger partial charge is 0.492 e. The second-order valence-corrected chi connectivity index (χ2v) is 10.4. The van der Waals surface area contributed by atoms with E-state index in [1.54, 1.807) is 13.2 Å². The van der Waals surface area contributed by atoms with Crippen molar-refractivity contribution in [2.45, 2.75) is 64.6 Å². The van der Waals surface area contributed by atoms with Gasteiger partial charge in [0.25, 0.3) is 0 Å². The molecule has 2 aliphatic rings. The smallest absolute Gasteiger partial charge is 0.407 e. The Morgan fingerprint density at radius 2 is 1.88 bits per heavy atom. The molecule has 9 heteroatoms. The van der Waals surface area contributed by atoms with E-state index in [9.17, 15) is 19.5 Å². The van der Waals surface area contributed by atoms with E-state index >= 15 is 0 Å². The minimum absolute atomic E-state index is 0.112. The monoisotopic (exact) mass is 471 g/mol. The number of carboxylic acid groups (broad SMARTS) is 1. The van der Waals surface area contributed by atoms with Crippen molar-refractivity contribution in [1.29, 1.82) is 0 Å². The quantitative estimate of drug-likeness (QED) is 0.683. The lowest BCUT2D eigenvalue weighted by Gasteiger charge is -2.39. The topological polar surface area (TPSA) is 110 Å². The van der Waals surface area contributed by atoms with E-state index in [-0.39, 0.29) is 17.6 Å². The van der Waals surface area contributed by atoms with Gasteiger partial charge in [0.1, 0.15) is 11.2 Å². The number of alkyl carbamates (subject to hydrolysis) is 1. The zero-order valence-electron chi connectivity index (χ0n) is 20.4. The van der Waals surface area contributed by atoms with E-state index in [4.69, 9.17) is 9.47 Å². The summed E-state index contributed by atoms with van der Waals surface area (Å²) in [6, 6.07) is 3.54. The van der Waals surface area contributed by atoms with Crippen LogP contribution in [0.1, 0.15) is 63.4 Å². The molecule has 2 fully saturated rings. The number of benzene rings is 1. The number of carboxylic acids is 1. The first-order chi connectivity index (χ1) is 16.0. The molecule has 1 amide bonds. The van der Waals surface area contributed by atoms with Crippen molar-refractivity contribution in [3.63, 3.8) is 0 Å². The first-order valence-corrected chi connectivity index (χ1v) is 11.7. The minimum Gasteiger partial charge on any atom is -0.492 e. The number of anilines is 1. The predicted octanol–water partition coefficient (Wildman–Crippen LogP) is 3.78. The summed E-state index contributed by atoms with van der Waals surface area (Å²) in [6.07, 6.45) is 3.67. The van der Waals surface area contributed by atoms with Gasteiger partial charge in [0.05, 0.1) is 23.7 Å². The van der Waals surface area contributed by atoms with Crippen LogP contribution in [0.4, 0.5) is 10.5 Å². The summed E-state index contributed by atoms with van der Waals surface area (Å²) >= 11 is 0. The zero-order valence-corrected chi connectivity index (χ0v) is 20.4. The Hall–Kier alpha value is -3.23. The van der Waals surface area contributed by atoms with Crippen LogP contribution in [0.2, 0.25) is 0 Å². The van der Waals surface area contributed by atoms with Gasteiger partial charge in [-0.15, -0.1) is 0 Å². The maximum Gasteiger partial charge on any atom is 0.407 e. The highest BCUT2D eigenvalue weighted by Crippen LogP contribution is 2.43. The van der Waals surface area contributed by atoms with Crippen LogP contribution in [0.3, 0.4) is 0 Å². The van der Waals surface area contributed by atoms with Crippen molar-refractivity contribution in [2.24, 2.45) is 5.92 Å². The summed E-state index contributed by atoms with van der Waals surface area (Å²) in [5.41, 5.74) is 0.109. The van der Waals surface area contributed by atoms with Crippen LogP contribution in [0.25, 0.3) is 10.9 Å². The number of nitrogens with one attached hydrogen (secondary N) is 1. The average Bonchev–Trinajstić information content (AvgIpc) is 3.56. The Morgan fingerprint density at radius 3 is 2.47 bits per heavy atom. The van der Waals surface area contributed by atoms with E-state index in [0.717, 1.165) is 31.5 Å². The molecule has 2 aromatic rings. The molecule has 0 bridgehead atoms. The maximum absolute atomic E-state index is 12.9. The third-order valence-corrected chi connectivity index (χ3v) is 6.22. The third kappa shape index (κ3) is 4.83. The fourth-order valence-electron chi connectivity index (χ4n) is 4.78. The number of piperidine rings is 1. The summed E-state index contributed by atoms with van der Waals surface area (Å²) in [7, 11) is 1.56. The van der Waals surface area contributed by atoms with Crippen molar-refractivity contribution >= 4 is 28.7 Å². The summed E-state index contributed by atoms with van der Waals surface area (Å²) < 4.78 is 13.2. The van der Waals surface area contributed by atoms with Crippen LogP contribution >= 0.6 is 0 Å². The number of amides is 1. The molecule has 184 valence electrons. The number of ether oxygens (including phenoxy) is 2. The predicted molar refractivity (Wildman–Crippen MR) is 129 cm³/mol. The number of methoxy groups -OCH3 is 1. The lowest BCUT2D eigenvalue weighted by atomic mass is 9.95. The fraction of sp³-hybridized carbons (Fsp3) is 0.560. The van der Waals surface area contributed by atoms with Gasteiger partial charge in [-0.05, 0) is 58.1 Å². The van der Waals surface area contributed by atoms with E-state index in [1.807, 2.05) is 31.4 Å². The lowest BCUT2D eigenvalue weighted by molar-refractivity contribution is 0.0494. The van der Waals surface area contributed by atoms with E-state index < -0.39 is 23.1 Å². The molecule has 1 saturated carbocycles. The van der Waals surface area contributed by atoms with Gasteiger partial charge < -0.3 is 29.4 Å². The molecule has 0 unspecified atom stereocenters. The Kier molecular flexibility index (Phi) is 6.22. The van der Waals surface area contributed by atoms with Gasteiger partial charge in [0, 0.05) is 31.4 Å². The maximum atomic E-state index is 12.9. The van der Waals surface area contributed by atoms with Crippen molar-refractivity contribution in [2.75, 3.05) is 25.1 Å². The van der Waals surface area contributed by atoms with Crippen LogP contribution in [-0.4, -0.2) is 53.6 Å². The second-order valence-electron chi connectivity index (χ2n) is 10.4. The van der Waals surface area contributed by atoms with Crippen LogP contribution in [0.5, 0.6) is 5.75 Å². The highest BCUT2D eigenvalue weighted by molar-refractivity contribution is 5.97. The van der Waals surface area contributed by atoms with Gasteiger partial charge in [0.15, 0.2) is 5.75 Å². The number of hydrogen-bond acceptors (Lipinski definition) is 6. The Labute approximate surface area is 198 Å². The van der Waals surface area contributed by atoms with Crippen molar-refractivity contribution in [1.82, 2.24) is 9.88 Å². The average molecular weight is 472 g/mol. The highest BCUT2D eigenvalue weighted by atomic mass is 16.6. The Morgan fingerprint density at radius 1 is 1.18 bits per heavy atom. The number of pyridine rings is 1. The molecule has 1 aromatic heterocycles. The van der Waals surface area contributed by atoms with Gasteiger partial charge in [-0.3, -0.25) is 4.79 Å². The number of rotatable bonds is 5. The molecule has 2 atom stereocenters. The molecule has 2 heterocycles. The number of carbonyl (C=O) groups excluding carboxylic acids is 1. The third-order valence-electron chi connectivity index (χ3n) is 6.22. The molecule has 0 spiro atoms. The molecule has 1 aliphatic heterocycles. The molecule has 1 saturated heterocycles. The van der Waals surface area contributed by atoms with Crippen LogP contribution in [-0.2, 0) is 4.74 Å². The number of aromatic nitrogens is 1. The number of fused-ring (bicyclic) bond motifs is 1. The first-order valence-electron chi connectivity index (χ1n) is 11.7. The van der Waals surface area contributed by atoms with Gasteiger partial charge in [0.2, 0.25) is 5.43 Å². The van der Waals surface area contributed by atoms with Crippen LogP contribution in [0, 0.1) is 5.92 Å². The van der Waals surface area contributed by atoms with Crippen LogP contribution in [0.15, 0.2) is 23.1 Å². The molecule has 9 nitrogen and oxygen atoms in total. The summed E-state index contributed by atoms with van der Waals surface area (Å²) in [6.45, 7) is 8.94. The van der Waals surface area contributed by atoms with E-state index in [2.05, 4.69) is 17.1 Å². The number of aromatic carboxylic acids is 1. The highest BCUT2D eigenvalue weighted by Gasteiger charge is 2.32. The summed E-state index contributed by atoms with van der Waals surface area (Å²) in [4.78, 5) is 39.1. The number of nitrogens with zero attached hydrogens (tertiary/aromatic N) is 2. The lowest BCUT2D eigenvalue weighted by Crippen LogP contribution is -2.51. The van der Waals surface area contributed by atoms with Gasteiger partial charge >= 0.3 is 12.1 Å². The standard InChI is InChI=1S/C25H33N3O6/c1-14-10-15(26-24(32)34-25(2,3)4)12-27(11-14)19-9-8-17-20(22(19)33-5)28(16-6-7-16)13-18(21(17)29)23(30)31/h8-9,13-16H,6-7,10-12H2,1-5H3,(H,26,32)(H,30,31)/t14-,15+/m1/s1. The molecular weight excluding hydrogens is 438 g/mol.